The zero-order chi connectivity index (χ0) is 17.8. The number of hydrogen-bond donors (Lipinski definition) is 2. The highest BCUT2D eigenvalue weighted by Crippen LogP contribution is 2.31. The van der Waals surface area contributed by atoms with Crippen LogP contribution >= 0.6 is 15.9 Å². The fourth-order valence-electron chi connectivity index (χ4n) is 3.28. The van der Waals surface area contributed by atoms with Gasteiger partial charge in [0.15, 0.2) is 0 Å². The van der Waals surface area contributed by atoms with E-state index < -0.39 is 0 Å². The normalized spacial score (nSPS) is 16.0. The molecule has 1 aliphatic rings. The third kappa shape index (κ3) is 4.28. The first-order chi connectivity index (χ1) is 12.0. The molecule has 0 radical (unpaired) electrons. The molecule has 130 valence electrons. The van der Waals surface area contributed by atoms with Crippen LogP contribution in [0.3, 0.4) is 0 Å². The minimum atomic E-state index is -0.220. The number of fused-ring (bicyclic) bond motifs is 1. The second kappa shape index (κ2) is 7.83. The smallest absolute Gasteiger partial charge is 0.243 e. The molecule has 25 heavy (non-hydrogen) atoms. The van der Waals surface area contributed by atoms with Gasteiger partial charge >= 0.3 is 0 Å². The second-order valence-electron chi connectivity index (χ2n) is 6.37. The van der Waals surface area contributed by atoms with Gasteiger partial charge in [0.05, 0.1) is 12.5 Å². The number of rotatable bonds is 4. The molecule has 1 aliphatic carbocycles. The van der Waals surface area contributed by atoms with Gasteiger partial charge in [-0.15, -0.1) is 0 Å². The molecule has 0 aliphatic heterocycles. The molecule has 0 heterocycles. The average molecular weight is 401 g/mol. The molecule has 1 unspecified atom stereocenters. The van der Waals surface area contributed by atoms with Crippen LogP contribution in [0.1, 0.15) is 35.4 Å². The Labute approximate surface area is 156 Å². The van der Waals surface area contributed by atoms with Crippen molar-refractivity contribution in [1.82, 2.24) is 5.32 Å². The van der Waals surface area contributed by atoms with Gasteiger partial charge in [0.1, 0.15) is 0 Å². The summed E-state index contributed by atoms with van der Waals surface area (Å²) in [5.41, 5.74) is 4.06. The Kier molecular flexibility index (Phi) is 5.53. The molecule has 5 heteroatoms. The lowest BCUT2D eigenvalue weighted by Gasteiger charge is -2.24. The van der Waals surface area contributed by atoms with Crippen molar-refractivity contribution < 1.29 is 9.59 Å². The first-order valence-corrected chi connectivity index (χ1v) is 9.25. The van der Waals surface area contributed by atoms with Gasteiger partial charge in [-0.05, 0) is 61.1 Å². The van der Waals surface area contributed by atoms with Crippen LogP contribution in [-0.4, -0.2) is 18.4 Å². The molecule has 0 fully saturated rings. The number of halogens is 1. The first-order valence-electron chi connectivity index (χ1n) is 8.46. The molecule has 1 atom stereocenters. The molecule has 0 saturated heterocycles. The topological polar surface area (TPSA) is 58.2 Å². The van der Waals surface area contributed by atoms with Crippen molar-refractivity contribution in [3.05, 3.63) is 63.6 Å². The number of carbonyl (C=O) groups excluding carboxylic acids is 2. The molecule has 0 bridgehead atoms. The van der Waals surface area contributed by atoms with E-state index in [9.17, 15) is 9.59 Å². The minimum absolute atomic E-state index is 0.0208. The van der Waals surface area contributed by atoms with E-state index in [1.807, 2.05) is 43.3 Å². The van der Waals surface area contributed by atoms with Crippen LogP contribution in [0.4, 0.5) is 5.69 Å². The lowest BCUT2D eigenvalue weighted by atomic mass is 9.82. The summed E-state index contributed by atoms with van der Waals surface area (Å²) in [5.74, 6) is -0.454. The Morgan fingerprint density at radius 3 is 2.80 bits per heavy atom. The Hall–Kier alpha value is -2.14. The van der Waals surface area contributed by atoms with Gasteiger partial charge in [-0.1, -0.05) is 40.2 Å². The Morgan fingerprint density at radius 1 is 1.20 bits per heavy atom. The van der Waals surface area contributed by atoms with Crippen LogP contribution < -0.4 is 10.6 Å². The third-order valence-electron chi connectivity index (χ3n) is 4.57. The van der Waals surface area contributed by atoms with Crippen LogP contribution in [0.2, 0.25) is 0 Å². The molecule has 2 aromatic rings. The summed E-state index contributed by atoms with van der Waals surface area (Å²) < 4.78 is 0.965. The van der Waals surface area contributed by atoms with Crippen molar-refractivity contribution in [2.24, 2.45) is 0 Å². The Morgan fingerprint density at radius 2 is 2.00 bits per heavy atom. The predicted molar refractivity (Wildman–Crippen MR) is 103 cm³/mol. The summed E-state index contributed by atoms with van der Waals surface area (Å²) in [6.45, 7) is 1.91. The molecule has 2 N–H and O–H groups in total. The van der Waals surface area contributed by atoms with Crippen molar-refractivity contribution in [1.29, 1.82) is 0 Å². The molecule has 3 rings (SSSR count). The average Bonchev–Trinajstić information content (AvgIpc) is 2.61. The largest absolute Gasteiger partial charge is 0.346 e. The van der Waals surface area contributed by atoms with Crippen LogP contribution in [-0.2, 0) is 16.0 Å². The summed E-state index contributed by atoms with van der Waals surface area (Å²) >= 11 is 3.40. The van der Waals surface area contributed by atoms with Crippen molar-refractivity contribution >= 4 is 33.4 Å². The molecule has 0 aromatic heterocycles. The summed E-state index contributed by atoms with van der Waals surface area (Å²) in [7, 11) is 0. The quantitative estimate of drug-likeness (QED) is 0.816. The maximum Gasteiger partial charge on any atom is 0.243 e. The molecular weight excluding hydrogens is 380 g/mol. The number of hydrogen-bond acceptors (Lipinski definition) is 2. The van der Waals surface area contributed by atoms with Crippen molar-refractivity contribution in [3.8, 4) is 0 Å². The number of carbonyl (C=O) groups is 2. The highest BCUT2D eigenvalue weighted by atomic mass is 79.9. The van der Waals surface area contributed by atoms with E-state index in [-0.39, 0.29) is 24.3 Å². The predicted octanol–water partition coefficient (Wildman–Crippen LogP) is 3.93. The van der Waals surface area contributed by atoms with Gasteiger partial charge in [-0.25, -0.2) is 0 Å². The van der Waals surface area contributed by atoms with E-state index >= 15 is 0 Å². The molecule has 2 amide bonds. The summed E-state index contributed by atoms with van der Waals surface area (Å²) in [5, 5.41) is 5.62. The SMILES string of the molecule is Cc1cc(Br)ccc1NC(=O)CNC(=O)C1CCCc2ccccc21. The zero-order valence-electron chi connectivity index (χ0n) is 14.1. The van der Waals surface area contributed by atoms with Crippen molar-refractivity contribution in [2.75, 3.05) is 11.9 Å². The van der Waals surface area contributed by atoms with Gasteiger partial charge in [0.25, 0.3) is 0 Å². The molecule has 0 saturated carbocycles. The van der Waals surface area contributed by atoms with Gasteiger partial charge in [-0.2, -0.15) is 0 Å². The van der Waals surface area contributed by atoms with E-state index in [4.69, 9.17) is 0 Å². The van der Waals surface area contributed by atoms with E-state index in [2.05, 4.69) is 32.6 Å². The highest BCUT2D eigenvalue weighted by Gasteiger charge is 2.26. The van der Waals surface area contributed by atoms with Crippen LogP contribution in [0.25, 0.3) is 0 Å². The number of nitrogens with one attached hydrogen (secondary N) is 2. The number of aryl methyl sites for hydroxylation is 2. The fraction of sp³-hybridized carbons (Fsp3) is 0.300. The lowest BCUT2D eigenvalue weighted by molar-refractivity contribution is -0.125. The van der Waals surface area contributed by atoms with E-state index in [0.717, 1.165) is 40.5 Å². The lowest BCUT2D eigenvalue weighted by Crippen LogP contribution is -2.37. The number of anilines is 1. The number of amides is 2. The van der Waals surface area contributed by atoms with E-state index in [0.29, 0.717) is 0 Å². The van der Waals surface area contributed by atoms with Crippen LogP contribution in [0, 0.1) is 6.92 Å². The monoisotopic (exact) mass is 400 g/mol. The van der Waals surface area contributed by atoms with Gasteiger partial charge < -0.3 is 10.6 Å². The first kappa shape index (κ1) is 17.7. The van der Waals surface area contributed by atoms with E-state index in [1.165, 1.54) is 5.56 Å². The molecule has 0 spiro atoms. The summed E-state index contributed by atoms with van der Waals surface area (Å²) in [6.07, 6.45) is 2.85. The molecule has 4 nitrogen and oxygen atoms in total. The molecule has 2 aromatic carbocycles. The maximum absolute atomic E-state index is 12.5. The van der Waals surface area contributed by atoms with Gasteiger partial charge in [-0.3, -0.25) is 9.59 Å². The summed E-state index contributed by atoms with van der Waals surface area (Å²) in [6, 6.07) is 13.7. The van der Waals surface area contributed by atoms with Crippen molar-refractivity contribution in [2.45, 2.75) is 32.1 Å². The molecular formula is C20H21BrN2O2. The Balaban J connectivity index is 1.58. The third-order valence-corrected chi connectivity index (χ3v) is 5.06. The second-order valence-corrected chi connectivity index (χ2v) is 7.28. The fourth-order valence-corrected chi connectivity index (χ4v) is 3.75. The van der Waals surface area contributed by atoms with Crippen LogP contribution in [0.15, 0.2) is 46.9 Å². The van der Waals surface area contributed by atoms with Crippen molar-refractivity contribution in [3.63, 3.8) is 0 Å². The highest BCUT2D eigenvalue weighted by molar-refractivity contribution is 9.10. The standard InChI is InChI=1S/C20H21BrN2O2/c1-13-11-15(21)9-10-18(13)23-19(24)12-22-20(25)17-8-4-6-14-5-2-3-7-16(14)17/h2-3,5,7,9-11,17H,4,6,8,12H2,1H3,(H,22,25)(H,23,24). The summed E-state index contributed by atoms with van der Waals surface area (Å²) in [4.78, 5) is 24.7. The maximum atomic E-state index is 12.5. The van der Waals surface area contributed by atoms with E-state index in [1.54, 1.807) is 0 Å². The van der Waals surface area contributed by atoms with Gasteiger partial charge in [0.2, 0.25) is 11.8 Å². The van der Waals surface area contributed by atoms with Gasteiger partial charge in [0, 0.05) is 10.2 Å². The van der Waals surface area contributed by atoms with Crippen LogP contribution in [0.5, 0.6) is 0 Å². The Bertz CT molecular complexity index is 804. The zero-order valence-corrected chi connectivity index (χ0v) is 15.7. The minimum Gasteiger partial charge on any atom is -0.346 e. The number of benzene rings is 2.